The number of quaternary nitrogens is 1. The molecule has 3 N–H and O–H groups in total. The smallest absolute Gasteiger partial charge is 0.275 e. The van der Waals surface area contributed by atoms with E-state index in [0.717, 1.165) is 17.7 Å². The summed E-state index contributed by atoms with van der Waals surface area (Å²) in [4.78, 5) is 12.2. The maximum atomic E-state index is 12.2. The number of methoxy groups -OCH3 is 1. The van der Waals surface area contributed by atoms with E-state index in [1.165, 1.54) is 24.8 Å². The summed E-state index contributed by atoms with van der Waals surface area (Å²) in [5.74, 6) is 1.63. The largest absolute Gasteiger partial charge is 0.496 e. The third kappa shape index (κ3) is 4.96. The molecular weight excluding hydrogens is 288 g/mol. The number of carbonyl (C=O) groups is 1. The van der Waals surface area contributed by atoms with Crippen LogP contribution in [0.4, 0.5) is 0 Å². The Kier molecular flexibility index (Phi) is 6.46. The van der Waals surface area contributed by atoms with Gasteiger partial charge in [0, 0.05) is 6.04 Å². The minimum Gasteiger partial charge on any atom is -0.496 e. The quantitative estimate of drug-likeness (QED) is 0.845. The molecule has 0 spiro atoms. The van der Waals surface area contributed by atoms with Gasteiger partial charge in [0.25, 0.3) is 5.91 Å². The number of nitrogens with two attached hydrogens (primary N) is 1. The van der Waals surface area contributed by atoms with Crippen molar-refractivity contribution in [3.63, 3.8) is 0 Å². The molecule has 3 atom stereocenters. The Balaban J connectivity index is 1.87. The lowest BCUT2D eigenvalue weighted by atomic mass is 9.86. The Morgan fingerprint density at radius 2 is 2.13 bits per heavy atom. The normalized spacial score (nSPS) is 22.4. The molecule has 0 heterocycles. The van der Waals surface area contributed by atoms with Gasteiger partial charge in [-0.05, 0) is 44.7 Å². The minimum atomic E-state index is 0.141. The number of rotatable bonds is 6. The van der Waals surface area contributed by atoms with Crippen LogP contribution in [0.2, 0.25) is 0 Å². The molecule has 1 aliphatic carbocycles. The van der Waals surface area contributed by atoms with Crippen LogP contribution < -0.4 is 15.4 Å². The second kappa shape index (κ2) is 8.34. The molecule has 1 aliphatic rings. The van der Waals surface area contributed by atoms with Crippen LogP contribution in [0.3, 0.4) is 0 Å². The summed E-state index contributed by atoms with van der Waals surface area (Å²) in [6, 6.07) is 6.74. The molecule has 0 aromatic heterocycles. The van der Waals surface area contributed by atoms with Crippen molar-refractivity contribution >= 4 is 5.91 Å². The van der Waals surface area contributed by atoms with Gasteiger partial charge >= 0.3 is 0 Å². The van der Waals surface area contributed by atoms with E-state index in [-0.39, 0.29) is 11.9 Å². The van der Waals surface area contributed by atoms with Crippen LogP contribution in [0, 0.1) is 12.8 Å². The molecular formula is C19H31N2O2+. The summed E-state index contributed by atoms with van der Waals surface area (Å²) in [5, 5.41) is 5.30. The van der Waals surface area contributed by atoms with Crippen LogP contribution >= 0.6 is 0 Å². The van der Waals surface area contributed by atoms with E-state index < -0.39 is 0 Å². The van der Waals surface area contributed by atoms with Crippen molar-refractivity contribution in [1.29, 1.82) is 0 Å². The first kappa shape index (κ1) is 17.8. The highest BCUT2D eigenvalue weighted by Crippen LogP contribution is 2.24. The fraction of sp³-hybridized carbons (Fsp3) is 0.632. The molecule has 23 heavy (non-hydrogen) atoms. The highest BCUT2D eigenvalue weighted by molar-refractivity contribution is 5.77. The second-order valence-electron chi connectivity index (χ2n) is 6.91. The number of ether oxygens (including phenoxy) is 1. The first-order valence-electron chi connectivity index (χ1n) is 8.78. The molecule has 1 aromatic rings. The lowest BCUT2D eigenvalue weighted by molar-refractivity contribution is -0.682. The number of hydrogen-bond acceptors (Lipinski definition) is 2. The third-order valence-corrected chi connectivity index (χ3v) is 4.99. The summed E-state index contributed by atoms with van der Waals surface area (Å²) in [6.45, 7) is 6.90. The highest BCUT2D eigenvalue weighted by atomic mass is 16.5. The zero-order chi connectivity index (χ0) is 16.8. The predicted molar refractivity (Wildman–Crippen MR) is 92.5 cm³/mol. The predicted octanol–water partition coefficient (Wildman–Crippen LogP) is 2.32. The lowest BCUT2D eigenvalue weighted by Gasteiger charge is -2.29. The third-order valence-electron chi connectivity index (χ3n) is 4.99. The molecule has 2 rings (SSSR count). The van der Waals surface area contributed by atoms with Crippen LogP contribution in [0.25, 0.3) is 0 Å². The number of amides is 1. The average Bonchev–Trinajstić information content (AvgIpc) is 2.54. The van der Waals surface area contributed by atoms with E-state index in [9.17, 15) is 4.79 Å². The number of aryl methyl sites for hydroxylation is 1. The monoisotopic (exact) mass is 319 g/mol. The highest BCUT2D eigenvalue weighted by Gasteiger charge is 2.24. The van der Waals surface area contributed by atoms with Gasteiger partial charge in [0.2, 0.25) is 0 Å². The SMILES string of the molecule is COc1ccc(C)cc1[C@H](C)[NH2+]CC(=O)N[C@@H]1CCCC[C@@H]1C. The average molecular weight is 319 g/mol. The molecule has 0 saturated heterocycles. The van der Waals surface area contributed by atoms with Gasteiger partial charge in [-0.25, -0.2) is 0 Å². The van der Waals surface area contributed by atoms with Gasteiger partial charge in [-0.2, -0.15) is 0 Å². The van der Waals surface area contributed by atoms with Crippen LogP contribution in [0.15, 0.2) is 18.2 Å². The topological polar surface area (TPSA) is 54.9 Å². The van der Waals surface area contributed by atoms with E-state index in [0.29, 0.717) is 18.5 Å². The van der Waals surface area contributed by atoms with Gasteiger partial charge in [-0.3, -0.25) is 4.79 Å². The molecule has 0 radical (unpaired) electrons. The van der Waals surface area contributed by atoms with Gasteiger partial charge in [0.15, 0.2) is 6.54 Å². The van der Waals surface area contributed by atoms with E-state index >= 15 is 0 Å². The Hall–Kier alpha value is -1.55. The zero-order valence-corrected chi connectivity index (χ0v) is 14.9. The van der Waals surface area contributed by atoms with Crippen molar-refractivity contribution in [2.75, 3.05) is 13.7 Å². The molecule has 1 fully saturated rings. The zero-order valence-electron chi connectivity index (χ0n) is 14.9. The molecule has 128 valence electrons. The number of nitrogens with one attached hydrogen (secondary N) is 1. The van der Waals surface area contributed by atoms with Gasteiger partial charge < -0.3 is 15.4 Å². The molecule has 1 amide bonds. The Morgan fingerprint density at radius 1 is 1.39 bits per heavy atom. The van der Waals surface area contributed by atoms with Crippen molar-refractivity contribution in [2.45, 2.75) is 58.5 Å². The first-order chi connectivity index (χ1) is 11.0. The van der Waals surface area contributed by atoms with Crippen LogP contribution in [-0.2, 0) is 4.79 Å². The van der Waals surface area contributed by atoms with E-state index in [1.807, 2.05) is 12.1 Å². The fourth-order valence-corrected chi connectivity index (χ4v) is 3.42. The standard InChI is InChI=1S/C19H30N2O2/c1-13-9-10-18(23-4)16(11-13)15(3)20-12-19(22)21-17-8-6-5-7-14(17)2/h9-11,14-15,17,20H,5-8,12H2,1-4H3,(H,21,22)/p+1/t14-,15-,17+/m0/s1. The van der Waals surface area contributed by atoms with Crippen LogP contribution in [0.1, 0.15) is 56.7 Å². The minimum absolute atomic E-state index is 0.141. The maximum Gasteiger partial charge on any atom is 0.275 e. The summed E-state index contributed by atoms with van der Waals surface area (Å²) in [5.41, 5.74) is 2.35. The van der Waals surface area contributed by atoms with Gasteiger partial charge in [-0.1, -0.05) is 31.4 Å². The van der Waals surface area contributed by atoms with Gasteiger partial charge in [0.05, 0.1) is 12.7 Å². The fourth-order valence-electron chi connectivity index (χ4n) is 3.42. The molecule has 4 heteroatoms. The summed E-state index contributed by atoms with van der Waals surface area (Å²) in [6.07, 6.45) is 4.87. The van der Waals surface area contributed by atoms with Crippen LogP contribution in [0.5, 0.6) is 5.75 Å². The first-order valence-corrected chi connectivity index (χ1v) is 8.78. The molecule has 0 bridgehead atoms. The summed E-state index contributed by atoms with van der Waals surface area (Å²) >= 11 is 0. The Bertz CT molecular complexity index is 530. The van der Waals surface area contributed by atoms with E-state index in [1.54, 1.807) is 7.11 Å². The van der Waals surface area contributed by atoms with Crippen LogP contribution in [-0.4, -0.2) is 25.6 Å². The van der Waals surface area contributed by atoms with Gasteiger partial charge in [-0.15, -0.1) is 0 Å². The Labute approximate surface area is 140 Å². The van der Waals surface area contributed by atoms with Crippen molar-refractivity contribution in [3.05, 3.63) is 29.3 Å². The van der Waals surface area contributed by atoms with Crippen molar-refractivity contribution in [3.8, 4) is 5.75 Å². The molecule has 1 aromatic carbocycles. The maximum absolute atomic E-state index is 12.2. The van der Waals surface area contributed by atoms with Gasteiger partial charge in [0.1, 0.15) is 11.8 Å². The summed E-state index contributed by atoms with van der Waals surface area (Å²) < 4.78 is 5.44. The van der Waals surface area contributed by atoms with E-state index in [2.05, 4.69) is 37.5 Å². The molecule has 4 nitrogen and oxygen atoms in total. The van der Waals surface area contributed by atoms with E-state index in [4.69, 9.17) is 4.74 Å². The van der Waals surface area contributed by atoms with Crippen molar-refractivity contribution in [1.82, 2.24) is 5.32 Å². The molecule has 0 unspecified atom stereocenters. The Morgan fingerprint density at radius 3 is 2.83 bits per heavy atom. The molecule has 0 aliphatic heterocycles. The lowest BCUT2D eigenvalue weighted by Crippen LogP contribution is -2.87. The second-order valence-corrected chi connectivity index (χ2v) is 6.91. The summed E-state index contributed by atoms with van der Waals surface area (Å²) in [7, 11) is 1.69. The number of carbonyl (C=O) groups excluding carboxylic acids is 1. The van der Waals surface area contributed by atoms with Crippen molar-refractivity contribution in [2.24, 2.45) is 5.92 Å². The van der Waals surface area contributed by atoms with Crippen molar-refractivity contribution < 1.29 is 14.8 Å². The molecule has 1 saturated carbocycles. The number of hydrogen-bond donors (Lipinski definition) is 2. The number of benzene rings is 1.